The normalized spacial score (nSPS) is 15.8. The lowest BCUT2D eigenvalue weighted by atomic mass is 10.1. The minimum atomic E-state index is -4.74. The molecule has 172 valence electrons. The molecule has 0 saturated carbocycles. The standard InChI is InChI=1S/C22H23F3N2O5/c1-30-17-8-5-13(10-19(17)31-2)11-20(28)27-16-7-6-14(12-15(16)22(23,24)25)26-21(29)18-4-3-9-32-18/h5-8,10,12,18H,3-4,9,11H2,1-2H3,(H,26,29)(H,27,28)/t18-/m1/s1. The molecule has 0 aromatic heterocycles. The van der Waals surface area contributed by atoms with Crippen LogP contribution in [0.4, 0.5) is 24.5 Å². The number of amides is 2. The minimum Gasteiger partial charge on any atom is -0.493 e. The fourth-order valence-corrected chi connectivity index (χ4v) is 3.34. The molecule has 1 saturated heterocycles. The lowest BCUT2D eigenvalue weighted by molar-refractivity contribution is -0.137. The van der Waals surface area contributed by atoms with Crippen LogP contribution in [0.2, 0.25) is 0 Å². The van der Waals surface area contributed by atoms with E-state index in [1.165, 1.54) is 20.3 Å². The number of methoxy groups -OCH3 is 2. The molecule has 10 heteroatoms. The molecule has 1 aliphatic rings. The molecule has 0 aliphatic carbocycles. The molecule has 2 aromatic rings. The Morgan fingerprint density at radius 2 is 1.81 bits per heavy atom. The first-order valence-corrected chi connectivity index (χ1v) is 9.85. The molecule has 7 nitrogen and oxygen atoms in total. The van der Waals surface area contributed by atoms with Gasteiger partial charge in [-0.25, -0.2) is 0 Å². The van der Waals surface area contributed by atoms with Gasteiger partial charge >= 0.3 is 6.18 Å². The fourth-order valence-electron chi connectivity index (χ4n) is 3.34. The van der Waals surface area contributed by atoms with Crippen molar-refractivity contribution in [2.45, 2.75) is 31.5 Å². The number of ether oxygens (including phenoxy) is 3. The number of halogens is 3. The molecule has 0 radical (unpaired) electrons. The maximum Gasteiger partial charge on any atom is 0.418 e. The van der Waals surface area contributed by atoms with Gasteiger partial charge in [-0.2, -0.15) is 13.2 Å². The Kier molecular flexibility index (Phi) is 7.24. The van der Waals surface area contributed by atoms with Crippen LogP contribution < -0.4 is 20.1 Å². The molecule has 32 heavy (non-hydrogen) atoms. The second-order valence-electron chi connectivity index (χ2n) is 7.16. The third-order valence-corrected chi connectivity index (χ3v) is 4.90. The zero-order valence-corrected chi connectivity index (χ0v) is 17.5. The minimum absolute atomic E-state index is 0.0317. The molecule has 1 aliphatic heterocycles. The quantitative estimate of drug-likeness (QED) is 0.663. The molecule has 2 amide bonds. The van der Waals surface area contributed by atoms with Gasteiger partial charge in [0.05, 0.1) is 31.9 Å². The Morgan fingerprint density at radius 3 is 2.44 bits per heavy atom. The molecule has 1 fully saturated rings. The van der Waals surface area contributed by atoms with Crippen LogP contribution in [0.15, 0.2) is 36.4 Å². The monoisotopic (exact) mass is 452 g/mol. The third kappa shape index (κ3) is 5.70. The van der Waals surface area contributed by atoms with Gasteiger partial charge in [-0.1, -0.05) is 6.07 Å². The number of alkyl halides is 3. The van der Waals surface area contributed by atoms with Crippen LogP contribution in [0.5, 0.6) is 11.5 Å². The number of hydrogen-bond acceptors (Lipinski definition) is 5. The van der Waals surface area contributed by atoms with Crippen molar-refractivity contribution in [1.82, 2.24) is 0 Å². The average Bonchev–Trinajstić information content (AvgIpc) is 3.29. The summed E-state index contributed by atoms with van der Waals surface area (Å²) in [6.07, 6.45) is -4.35. The Bertz CT molecular complexity index is 988. The topological polar surface area (TPSA) is 85.9 Å². The Morgan fingerprint density at radius 1 is 1.06 bits per heavy atom. The SMILES string of the molecule is COc1ccc(CC(=O)Nc2ccc(NC(=O)[C@H]3CCCO3)cc2C(F)(F)F)cc1OC. The maximum absolute atomic E-state index is 13.6. The summed E-state index contributed by atoms with van der Waals surface area (Å²) in [5.74, 6) is -0.267. The maximum atomic E-state index is 13.6. The first-order valence-electron chi connectivity index (χ1n) is 9.85. The third-order valence-electron chi connectivity index (χ3n) is 4.90. The highest BCUT2D eigenvalue weighted by Crippen LogP contribution is 2.37. The van der Waals surface area contributed by atoms with Crippen molar-refractivity contribution < 1.29 is 37.0 Å². The van der Waals surface area contributed by atoms with E-state index in [4.69, 9.17) is 14.2 Å². The number of carbonyl (C=O) groups excluding carboxylic acids is 2. The summed E-state index contributed by atoms with van der Waals surface area (Å²) < 4.78 is 56.4. The van der Waals surface area contributed by atoms with Crippen molar-refractivity contribution >= 4 is 23.2 Å². The summed E-state index contributed by atoms with van der Waals surface area (Å²) in [4.78, 5) is 24.5. The molecule has 0 spiro atoms. The van der Waals surface area contributed by atoms with Crippen LogP contribution in [0.3, 0.4) is 0 Å². The number of anilines is 2. The lowest BCUT2D eigenvalue weighted by Crippen LogP contribution is -2.27. The van der Waals surface area contributed by atoms with E-state index in [9.17, 15) is 22.8 Å². The van der Waals surface area contributed by atoms with Crippen LogP contribution in [0, 0.1) is 0 Å². The van der Waals surface area contributed by atoms with Gasteiger partial charge < -0.3 is 24.8 Å². The van der Waals surface area contributed by atoms with E-state index < -0.39 is 35.3 Å². The largest absolute Gasteiger partial charge is 0.493 e. The number of carbonyl (C=O) groups is 2. The van der Waals surface area contributed by atoms with Gasteiger partial charge in [0.25, 0.3) is 5.91 Å². The summed E-state index contributed by atoms with van der Waals surface area (Å²) in [6.45, 7) is 0.441. The van der Waals surface area contributed by atoms with Crippen LogP contribution in [-0.2, 0) is 26.9 Å². The zero-order chi connectivity index (χ0) is 23.3. The highest BCUT2D eigenvalue weighted by Gasteiger charge is 2.35. The molecule has 0 bridgehead atoms. The van der Waals surface area contributed by atoms with E-state index in [1.807, 2.05) is 0 Å². The predicted molar refractivity (Wildman–Crippen MR) is 111 cm³/mol. The number of rotatable bonds is 7. The van der Waals surface area contributed by atoms with Crippen molar-refractivity contribution in [2.24, 2.45) is 0 Å². The van der Waals surface area contributed by atoms with Crippen molar-refractivity contribution in [3.63, 3.8) is 0 Å². The fraction of sp³-hybridized carbons (Fsp3) is 0.364. The van der Waals surface area contributed by atoms with Gasteiger partial charge in [-0.05, 0) is 48.7 Å². The average molecular weight is 452 g/mol. The van der Waals surface area contributed by atoms with Gasteiger partial charge in [0.2, 0.25) is 5.91 Å². The van der Waals surface area contributed by atoms with E-state index >= 15 is 0 Å². The second kappa shape index (κ2) is 9.90. The van der Waals surface area contributed by atoms with E-state index in [-0.39, 0.29) is 12.1 Å². The van der Waals surface area contributed by atoms with Gasteiger partial charge in [0, 0.05) is 12.3 Å². The molecule has 0 unspecified atom stereocenters. The molecular weight excluding hydrogens is 429 g/mol. The van der Waals surface area contributed by atoms with E-state index in [0.717, 1.165) is 18.6 Å². The van der Waals surface area contributed by atoms with E-state index in [2.05, 4.69) is 10.6 Å². The smallest absolute Gasteiger partial charge is 0.418 e. The Hall–Kier alpha value is -3.27. The number of benzene rings is 2. The molecule has 2 N–H and O–H groups in total. The molecule has 2 aromatic carbocycles. The summed E-state index contributed by atoms with van der Waals surface area (Å²) in [6, 6.07) is 8.00. The van der Waals surface area contributed by atoms with Gasteiger partial charge in [-0.3, -0.25) is 9.59 Å². The number of hydrogen-bond donors (Lipinski definition) is 2. The van der Waals surface area contributed by atoms with Crippen LogP contribution >= 0.6 is 0 Å². The van der Waals surface area contributed by atoms with Gasteiger partial charge in [0.15, 0.2) is 11.5 Å². The molecule has 3 rings (SSSR count). The van der Waals surface area contributed by atoms with Crippen LogP contribution in [0.1, 0.15) is 24.0 Å². The lowest BCUT2D eigenvalue weighted by Gasteiger charge is -2.17. The van der Waals surface area contributed by atoms with Crippen LogP contribution in [0.25, 0.3) is 0 Å². The van der Waals surface area contributed by atoms with Crippen LogP contribution in [-0.4, -0.2) is 38.7 Å². The van der Waals surface area contributed by atoms with Crippen molar-refractivity contribution in [3.8, 4) is 11.5 Å². The Labute approximate surface area is 182 Å². The van der Waals surface area contributed by atoms with Crippen molar-refractivity contribution in [1.29, 1.82) is 0 Å². The molecule has 1 heterocycles. The first-order chi connectivity index (χ1) is 15.2. The van der Waals surface area contributed by atoms with E-state index in [0.29, 0.717) is 30.1 Å². The molecule has 1 atom stereocenters. The summed E-state index contributed by atoms with van der Waals surface area (Å²) in [5, 5.41) is 4.74. The highest BCUT2D eigenvalue weighted by molar-refractivity contribution is 5.96. The first kappa shape index (κ1) is 23.4. The summed E-state index contributed by atoms with van der Waals surface area (Å²) >= 11 is 0. The predicted octanol–water partition coefficient (Wildman–Crippen LogP) is 4.02. The zero-order valence-electron chi connectivity index (χ0n) is 17.5. The summed E-state index contributed by atoms with van der Waals surface area (Å²) in [5.41, 5.74) is -0.966. The number of nitrogens with one attached hydrogen (secondary N) is 2. The Balaban J connectivity index is 1.75. The highest BCUT2D eigenvalue weighted by atomic mass is 19.4. The molecular formula is C22H23F3N2O5. The second-order valence-corrected chi connectivity index (χ2v) is 7.16. The van der Waals surface area contributed by atoms with Gasteiger partial charge in [-0.15, -0.1) is 0 Å². The van der Waals surface area contributed by atoms with Gasteiger partial charge in [0.1, 0.15) is 6.10 Å². The van der Waals surface area contributed by atoms with Crippen molar-refractivity contribution in [3.05, 3.63) is 47.5 Å². The van der Waals surface area contributed by atoms with E-state index in [1.54, 1.807) is 18.2 Å². The summed E-state index contributed by atoms with van der Waals surface area (Å²) in [7, 11) is 2.91. The van der Waals surface area contributed by atoms with Crippen molar-refractivity contribution in [2.75, 3.05) is 31.5 Å².